The summed E-state index contributed by atoms with van der Waals surface area (Å²) in [5.41, 5.74) is 2.84. The van der Waals surface area contributed by atoms with Crippen LogP contribution in [0.2, 0.25) is 0 Å². The summed E-state index contributed by atoms with van der Waals surface area (Å²) in [7, 11) is 1.97. The zero-order valence-corrected chi connectivity index (χ0v) is 15.0. The van der Waals surface area contributed by atoms with Gasteiger partial charge in [0.15, 0.2) is 5.69 Å². The van der Waals surface area contributed by atoms with Crippen molar-refractivity contribution in [1.82, 2.24) is 30.2 Å². The zero-order valence-electron chi connectivity index (χ0n) is 15.0. The van der Waals surface area contributed by atoms with Gasteiger partial charge in [0.05, 0.1) is 16.9 Å². The first kappa shape index (κ1) is 16.7. The number of hydrogen-bond donors (Lipinski definition) is 1. The molecule has 1 aliphatic heterocycles. The second-order valence-electron chi connectivity index (χ2n) is 6.64. The molecule has 0 bridgehead atoms. The molecule has 4 rings (SSSR count). The van der Waals surface area contributed by atoms with Gasteiger partial charge < -0.3 is 10.2 Å². The Morgan fingerprint density at radius 1 is 1.19 bits per heavy atom. The van der Waals surface area contributed by atoms with Gasteiger partial charge in [0.25, 0.3) is 5.91 Å². The number of para-hydroxylation sites is 1. The molecule has 3 heterocycles. The number of aromatic nitrogens is 4. The van der Waals surface area contributed by atoms with Crippen LogP contribution in [-0.4, -0.2) is 57.0 Å². The number of carbonyl (C=O) groups excluding carboxylic acids is 1. The molecule has 0 radical (unpaired) electrons. The molecule has 134 valence electrons. The molecule has 0 unspecified atom stereocenters. The zero-order chi connectivity index (χ0) is 18.1. The molecule has 26 heavy (non-hydrogen) atoms. The smallest absolute Gasteiger partial charge is 0.276 e. The normalized spacial score (nSPS) is 15.5. The second kappa shape index (κ2) is 6.84. The van der Waals surface area contributed by atoms with Crippen LogP contribution >= 0.6 is 0 Å². The monoisotopic (exact) mass is 350 g/mol. The second-order valence-corrected chi connectivity index (χ2v) is 6.64. The Kier molecular flexibility index (Phi) is 4.38. The van der Waals surface area contributed by atoms with E-state index in [4.69, 9.17) is 0 Å². The third-order valence-corrected chi connectivity index (χ3v) is 5.13. The maximum absolute atomic E-state index is 12.9. The summed E-state index contributed by atoms with van der Waals surface area (Å²) in [6, 6.07) is 10.3. The van der Waals surface area contributed by atoms with Crippen LogP contribution < -0.4 is 5.32 Å². The highest BCUT2D eigenvalue weighted by atomic mass is 16.2. The maximum Gasteiger partial charge on any atom is 0.276 e. The Balaban J connectivity index is 1.65. The molecule has 3 aromatic rings. The summed E-state index contributed by atoms with van der Waals surface area (Å²) in [6.07, 6.45) is 3.68. The van der Waals surface area contributed by atoms with Crippen molar-refractivity contribution in [3.63, 3.8) is 0 Å². The first-order valence-corrected chi connectivity index (χ1v) is 8.92. The fourth-order valence-electron chi connectivity index (χ4n) is 3.54. The number of fused-ring (bicyclic) bond motifs is 1. The number of carbonyl (C=O) groups is 1. The van der Waals surface area contributed by atoms with Gasteiger partial charge >= 0.3 is 0 Å². The van der Waals surface area contributed by atoms with Crippen molar-refractivity contribution in [1.29, 1.82) is 0 Å². The van der Waals surface area contributed by atoms with Crippen molar-refractivity contribution in [2.75, 3.05) is 20.1 Å². The lowest BCUT2D eigenvalue weighted by molar-refractivity contribution is 0.0700. The van der Waals surface area contributed by atoms with Crippen LogP contribution in [0.15, 0.2) is 36.5 Å². The highest BCUT2D eigenvalue weighted by molar-refractivity contribution is 5.94. The van der Waals surface area contributed by atoms with E-state index in [9.17, 15) is 4.79 Å². The van der Waals surface area contributed by atoms with E-state index in [0.717, 1.165) is 48.2 Å². The van der Waals surface area contributed by atoms with E-state index in [0.29, 0.717) is 11.7 Å². The van der Waals surface area contributed by atoms with Crippen LogP contribution in [0, 0.1) is 6.92 Å². The van der Waals surface area contributed by atoms with Crippen LogP contribution in [0.1, 0.15) is 29.0 Å². The number of nitrogens with zero attached hydrogens (tertiary/aromatic N) is 5. The highest BCUT2D eigenvalue weighted by Gasteiger charge is 2.27. The van der Waals surface area contributed by atoms with Crippen molar-refractivity contribution >= 4 is 16.8 Å². The highest BCUT2D eigenvalue weighted by Crippen LogP contribution is 2.22. The fourth-order valence-corrected chi connectivity index (χ4v) is 3.54. The number of piperidine rings is 1. The molecule has 0 saturated carbocycles. The van der Waals surface area contributed by atoms with Gasteiger partial charge in [-0.05, 0) is 38.9 Å². The summed E-state index contributed by atoms with van der Waals surface area (Å²) >= 11 is 0. The summed E-state index contributed by atoms with van der Waals surface area (Å²) in [4.78, 5) is 19.2. The minimum Gasteiger partial charge on any atom is -0.337 e. The molecule has 0 spiro atoms. The number of benzene rings is 1. The average Bonchev–Trinajstić information content (AvgIpc) is 3.08. The SMILES string of the molecule is CNC1CCN(C(=O)c2nnn(-c3cccc4cccnc34)c2C)CC1. The lowest BCUT2D eigenvalue weighted by Crippen LogP contribution is -2.44. The number of rotatable bonds is 3. The molecule has 7 nitrogen and oxygen atoms in total. The largest absolute Gasteiger partial charge is 0.337 e. The Morgan fingerprint density at radius 2 is 1.96 bits per heavy atom. The number of likely N-dealkylation sites (tertiary alicyclic amines) is 1. The van der Waals surface area contributed by atoms with Crippen LogP contribution in [0.3, 0.4) is 0 Å². The number of amides is 1. The summed E-state index contributed by atoms with van der Waals surface area (Å²) < 4.78 is 1.71. The fraction of sp³-hybridized carbons (Fsp3) is 0.368. The molecule has 0 aliphatic carbocycles. The Labute approximate surface area is 152 Å². The van der Waals surface area contributed by atoms with E-state index < -0.39 is 0 Å². The minimum atomic E-state index is -0.0449. The Hall–Kier alpha value is -2.80. The quantitative estimate of drug-likeness (QED) is 0.781. The lowest BCUT2D eigenvalue weighted by Gasteiger charge is -2.31. The molecule has 1 aromatic carbocycles. The molecule has 1 fully saturated rings. The molecular weight excluding hydrogens is 328 g/mol. The summed E-state index contributed by atoms with van der Waals surface area (Å²) in [5.74, 6) is -0.0449. The van der Waals surface area contributed by atoms with Gasteiger partial charge in [-0.1, -0.05) is 23.4 Å². The van der Waals surface area contributed by atoms with Crippen LogP contribution in [0.5, 0.6) is 0 Å². The predicted molar refractivity (Wildman–Crippen MR) is 99.4 cm³/mol. The van der Waals surface area contributed by atoms with E-state index in [2.05, 4.69) is 20.6 Å². The first-order valence-electron chi connectivity index (χ1n) is 8.92. The van der Waals surface area contributed by atoms with E-state index in [1.165, 1.54) is 0 Å². The third kappa shape index (κ3) is 2.84. The first-order chi connectivity index (χ1) is 12.7. The van der Waals surface area contributed by atoms with Crippen LogP contribution in [0.25, 0.3) is 16.6 Å². The molecule has 1 N–H and O–H groups in total. The summed E-state index contributed by atoms with van der Waals surface area (Å²) in [5, 5.41) is 12.8. The number of hydrogen-bond acceptors (Lipinski definition) is 5. The minimum absolute atomic E-state index is 0.0449. The standard InChI is InChI=1S/C19H22N6O/c1-13-17(19(26)24-11-8-15(20-2)9-12-24)22-23-25(13)16-7-3-5-14-6-4-10-21-18(14)16/h3-7,10,15,20H,8-9,11-12H2,1-2H3. The van der Waals surface area contributed by atoms with Crippen molar-refractivity contribution in [3.8, 4) is 5.69 Å². The molecule has 1 amide bonds. The van der Waals surface area contributed by atoms with E-state index >= 15 is 0 Å². The van der Waals surface area contributed by atoms with Gasteiger partial charge in [0.2, 0.25) is 0 Å². The Morgan fingerprint density at radius 3 is 2.73 bits per heavy atom. The van der Waals surface area contributed by atoms with Crippen LogP contribution in [0.4, 0.5) is 0 Å². The average molecular weight is 350 g/mol. The molecule has 0 atom stereocenters. The van der Waals surface area contributed by atoms with Gasteiger partial charge in [0.1, 0.15) is 0 Å². The van der Waals surface area contributed by atoms with Gasteiger partial charge in [-0.15, -0.1) is 5.10 Å². The summed E-state index contributed by atoms with van der Waals surface area (Å²) in [6.45, 7) is 3.37. The third-order valence-electron chi connectivity index (χ3n) is 5.13. The maximum atomic E-state index is 12.9. The van der Waals surface area contributed by atoms with Crippen molar-refractivity contribution in [3.05, 3.63) is 47.9 Å². The molecular formula is C19H22N6O. The lowest BCUT2D eigenvalue weighted by atomic mass is 10.0. The molecule has 7 heteroatoms. The van der Waals surface area contributed by atoms with Crippen molar-refractivity contribution < 1.29 is 4.79 Å². The number of pyridine rings is 1. The van der Waals surface area contributed by atoms with Crippen molar-refractivity contribution in [2.24, 2.45) is 0 Å². The van der Waals surface area contributed by atoms with Gasteiger partial charge in [-0.3, -0.25) is 9.78 Å². The van der Waals surface area contributed by atoms with Crippen LogP contribution in [-0.2, 0) is 0 Å². The number of nitrogens with one attached hydrogen (secondary N) is 1. The molecule has 2 aromatic heterocycles. The predicted octanol–water partition coefficient (Wildman–Crippen LogP) is 1.95. The van der Waals surface area contributed by atoms with Gasteiger partial charge in [-0.25, -0.2) is 4.68 Å². The van der Waals surface area contributed by atoms with E-state index in [-0.39, 0.29) is 5.91 Å². The Bertz CT molecular complexity index is 937. The topological polar surface area (TPSA) is 75.9 Å². The van der Waals surface area contributed by atoms with Crippen molar-refractivity contribution in [2.45, 2.75) is 25.8 Å². The van der Waals surface area contributed by atoms with Gasteiger partial charge in [0, 0.05) is 30.7 Å². The molecule has 1 saturated heterocycles. The van der Waals surface area contributed by atoms with E-state index in [1.54, 1.807) is 10.9 Å². The molecule has 1 aliphatic rings. The van der Waals surface area contributed by atoms with E-state index in [1.807, 2.05) is 49.2 Å². The van der Waals surface area contributed by atoms with Gasteiger partial charge in [-0.2, -0.15) is 0 Å².